The van der Waals surface area contributed by atoms with Crippen LogP contribution in [0.25, 0.3) is 11.7 Å². The molecule has 174 valence electrons. The molecule has 34 heavy (non-hydrogen) atoms. The number of nitrogens with one attached hydrogen (secondary N) is 1. The number of rotatable bonds is 5. The van der Waals surface area contributed by atoms with Crippen LogP contribution in [0.4, 0.5) is 0 Å². The average Bonchev–Trinajstić information content (AvgIpc) is 3.32. The summed E-state index contributed by atoms with van der Waals surface area (Å²) < 4.78 is 7.38. The number of ether oxygens (including phenoxy) is 1. The Morgan fingerprint density at radius 2 is 1.88 bits per heavy atom. The number of nitrogens with zero attached hydrogens (tertiary/aromatic N) is 3. The van der Waals surface area contributed by atoms with E-state index in [9.17, 15) is 14.9 Å². The first-order valence-corrected chi connectivity index (χ1v) is 11.5. The van der Waals surface area contributed by atoms with Crippen LogP contribution in [0.15, 0.2) is 59.0 Å². The van der Waals surface area contributed by atoms with E-state index in [4.69, 9.17) is 4.74 Å². The molecule has 0 aliphatic heterocycles. The van der Waals surface area contributed by atoms with Gasteiger partial charge in [0.25, 0.3) is 11.5 Å². The second-order valence-corrected chi connectivity index (χ2v) is 9.57. The number of hydrogen-bond donors (Lipinski definition) is 1. The average molecular weight is 457 g/mol. The molecule has 0 radical (unpaired) electrons. The van der Waals surface area contributed by atoms with E-state index < -0.39 is 11.5 Å². The standard InChI is InChI=1S/C27H28N4O3/c1-27(2,3)19-11-13-21(14-12-19)34-25-22(26(33)31-15-7-6-10-23(31)30-25)16-18(17-28)24(32)29-20-8-4-5-9-20/h6-7,10-16,20H,4-5,8-9H2,1-3H3,(H,29,32)/b18-16+. The Morgan fingerprint density at radius 1 is 1.18 bits per heavy atom. The van der Waals surface area contributed by atoms with Gasteiger partial charge in [0.05, 0.1) is 0 Å². The molecule has 0 spiro atoms. The summed E-state index contributed by atoms with van der Waals surface area (Å²) in [4.78, 5) is 30.5. The van der Waals surface area contributed by atoms with Crippen molar-refractivity contribution in [2.45, 2.75) is 57.9 Å². The summed E-state index contributed by atoms with van der Waals surface area (Å²) in [5.41, 5.74) is 0.993. The van der Waals surface area contributed by atoms with Crippen LogP contribution in [-0.4, -0.2) is 21.3 Å². The lowest BCUT2D eigenvalue weighted by Crippen LogP contribution is -2.33. The van der Waals surface area contributed by atoms with E-state index >= 15 is 0 Å². The largest absolute Gasteiger partial charge is 0.438 e. The molecule has 0 atom stereocenters. The van der Waals surface area contributed by atoms with E-state index in [1.165, 1.54) is 10.5 Å². The minimum Gasteiger partial charge on any atom is -0.438 e. The number of carbonyl (C=O) groups excluding carboxylic acids is 1. The van der Waals surface area contributed by atoms with E-state index in [0.717, 1.165) is 31.2 Å². The summed E-state index contributed by atoms with van der Waals surface area (Å²) in [7, 11) is 0. The SMILES string of the molecule is CC(C)(C)c1ccc(Oc2nc3ccccn3c(=O)c2/C=C(\C#N)C(=O)NC2CCCC2)cc1. The molecule has 1 amide bonds. The zero-order chi connectivity index (χ0) is 24.3. The third-order valence-corrected chi connectivity index (χ3v) is 6.01. The molecule has 0 unspecified atom stereocenters. The number of fused-ring (bicyclic) bond motifs is 1. The van der Waals surface area contributed by atoms with Crippen LogP contribution in [0, 0.1) is 11.3 Å². The Hall–Kier alpha value is -3.92. The van der Waals surface area contributed by atoms with Crippen LogP contribution in [0.1, 0.15) is 57.6 Å². The first-order valence-electron chi connectivity index (χ1n) is 11.5. The first-order chi connectivity index (χ1) is 16.3. The minimum atomic E-state index is -0.493. The highest BCUT2D eigenvalue weighted by Crippen LogP contribution is 2.28. The summed E-state index contributed by atoms with van der Waals surface area (Å²) >= 11 is 0. The smallest absolute Gasteiger partial charge is 0.269 e. The Kier molecular flexibility index (Phi) is 6.51. The van der Waals surface area contributed by atoms with Crippen LogP contribution in [0.5, 0.6) is 11.6 Å². The van der Waals surface area contributed by atoms with E-state index in [1.807, 2.05) is 30.3 Å². The quantitative estimate of drug-likeness (QED) is 0.441. The molecule has 7 nitrogen and oxygen atoms in total. The van der Waals surface area contributed by atoms with Crippen LogP contribution in [0.3, 0.4) is 0 Å². The predicted molar refractivity (Wildman–Crippen MR) is 131 cm³/mol. The Balaban J connectivity index is 1.75. The van der Waals surface area contributed by atoms with Gasteiger partial charge < -0.3 is 10.1 Å². The molecule has 0 bridgehead atoms. The van der Waals surface area contributed by atoms with E-state index in [2.05, 4.69) is 31.1 Å². The molecule has 1 saturated carbocycles. The van der Waals surface area contributed by atoms with Crippen LogP contribution < -0.4 is 15.6 Å². The van der Waals surface area contributed by atoms with Gasteiger partial charge in [0.15, 0.2) is 0 Å². The number of pyridine rings is 1. The second-order valence-electron chi connectivity index (χ2n) is 9.57. The highest BCUT2D eigenvalue weighted by atomic mass is 16.5. The molecular formula is C27H28N4O3. The van der Waals surface area contributed by atoms with Crippen molar-refractivity contribution in [1.29, 1.82) is 5.26 Å². The summed E-state index contributed by atoms with van der Waals surface area (Å²) in [5, 5.41) is 12.6. The van der Waals surface area contributed by atoms with E-state index in [0.29, 0.717) is 11.4 Å². The predicted octanol–water partition coefficient (Wildman–Crippen LogP) is 4.75. The zero-order valence-corrected chi connectivity index (χ0v) is 19.7. The lowest BCUT2D eigenvalue weighted by atomic mass is 9.87. The van der Waals surface area contributed by atoms with Gasteiger partial charge in [-0.15, -0.1) is 0 Å². The Bertz CT molecular complexity index is 1340. The molecule has 0 saturated heterocycles. The molecular weight excluding hydrogens is 428 g/mol. The fourth-order valence-corrected chi connectivity index (χ4v) is 4.04. The van der Waals surface area contributed by atoms with Crippen molar-refractivity contribution in [1.82, 2.24) is 14.7 Å². The van der Waals surface area contributed by atoms with Crippen molar-refractivity contribution >= 4 is 17.6 Å². The highest BCUT2D eigenvalue weighted by Gasteiger charge is 2.21. The Morgan fingerprint density at radius 3 is 2.53 bits per heavy atom. The lowest BCUT2D eigenvalue weighted by molar-refractivity contribution is -0.117. The summed E-state index contributed by atoms with van der Waals surface area (Å²) in [6, 6.07) is 14.7. The van der Waals surface area contributed by atoms with Gasteiger partial charge in [-0.1, -0.05) is 51.8 Å². The van der Waals surface area contributed by atoms with Crippen LogP contribution >= 0.6 is 0 Å². The Labute approximate surface area is 198 Å². The van der Waals surface area contributed by atoms with Gasteiger partial charge in [-0.3, -0.25) is 14.0 Å². The van der Waals surface area contributed by atoms with Crippen LogP contribution in [-0.2, 0) is 10.2 Å². The van der Waals surface area contributed by atoms with Gasteiger partial charge in [-0.05, 0) is 54.2 Å². The molecule has 2 heterocycles. The first kappa shape index (κ1) is 23.2. The van der Waals surface area contributed by atoms with Crippen molar-refractivity contribution < 1.29 is 9.53 Å². The fourth-order valence-electron chi connectivity index (χ4n) is 4.04. The second kappa shape index (κ2) is 9.52. The molecule has 1 aliphatic carbocycles. The third-order valence-electron chi connectivity index (χ3n) is 6.01. The summed E-state index contributed by atoms with van der Waals surface area (Å²) in [5.74, 6) is 0.0531. The van der Waals surface area contributed by atoms with E-state index in [1.54, 1.807) is 24.4 Å². The third kappa shape index (κ3) is 5.01. The van der Waals surface area contributed by atoms with Gasteiger partial charge in [0.2, 0.25) is 5.88 Å². The van der Waals surface area contributed by atoms with Crippen molar-refractivity contribution in [3.05, 3.63) is 75.7 Å². The summed E-state index contributed by atoms with van der Waals surface area (Å²) in [6.45, 7) is 6.37. The summed E-state index contributed by atoms with van der Waals surface area (Å²) in [6.07, 6.45) is 6.76. The number of nitriles is 1. The van der Waals surface area contributed by atoms with Crippen molar-refractivity contribution in [2.75, 3.05) is 0 Å². The molecule has 4 rings (SSSR count). The maximum atomic E-state index is 13.3. The maximum Gasteiger partial charge on any atom is 0.269 e. The maximum absolute atomic E-state index is 13.3. The van der Waals surface area contributed by atoms with Crippen molar-refractivity contribution in [3.8, 4) is 17.7 Å². The number of carbonyl (C=O) groups is 1. The van der Waals surface area contributed by atoms with Gasteiger partial charge in [0.1, 0.15) is 28.6 Å². The molecule has 1 aromatic carbocycles. The fraction of sp³-hybridized carbons (Fsp3) is 0.333. The molecule has 2 aromatic heterocycles. The van der Waals surface area contributed by atoms with Gasteiger partial charge >= 0.3 is 0 Å². The normalized spacial score (nSPS) is 14.7. The number of benzene rings is 1. The molecule has 1 aliphatic rings. The molecule has 3 aromatic rings. The molecule has 7 heteroatoms. The molecule has 1 fully saturated rings. The lowest BCUT2D eigenvalue weighted by Gasteiger charge is -2.19. The topological polar surface area (TPSA) is 96.5 Å². The van der Waals surface area contributed by atoms with Gasteiger partial charge in [-0.2, -0.15) is 10.2 Å². The van der Waals surface area contributed by atoms with E-state index in [-0.39, 0.29) is 28.5 Å². The van der Waals surface area contributed by atoms with Gasteiger partial charge in [0, 0.05) is 12.2 Å². The zero-order valence-electron chi connectivity index (χ0n) is 19.7. The molecule has 1 N–H and O–H groups in total. The van der Waals surface area contributed by atoms with Crippen LogP contribution in [0.2, 0.25) is 0 Å². The minimum absolute atomic E-state index is 0.0131. The highest BCUT2D eigenvalue weighted by molar-refractivity contribution is 6.02. The number of amides is 1. The number of hydrogen-bond acceptors (Lipinski definition) is 5. The van der Waals surface area contributed by atoms with Gasteiger partial charge in [-0.25, -0.2) is 0 Å². The van der Waals surface area contributed by atoms with Crippen molar-refractivity contribution in [3.63, 3.8) is 0 Å². The number of aromatic nitrogens is 2. The van der Waals surface area contributed by atoms with Crippen molar-refractivity contribution in [2.24, 2.45) is 0 Å². The monoisotopic (exact) mass is 456 g/mol.